The van der Waals surface area contributed by atoms with Gasteiger partial charge in [-0.15, -0.1) is 0 Å². The minimum atomic E-state index is -0.490. The highest BCUT2D eigenvalue weighted by molar-refractivity contribution is 5.94. The Kier molecular flexibility index (Phi) is 4.57. The summed E-state index contributed by atoms with van der Waals surface area (Å²) in [5, 5.41) is 2.75. The molecule has 2 atom stereocenters. The predicted octanol–water partition coefficient (Wildman–Crippen LogP) is 1.46. The molecule has 1 heterocycles. The second-order valence-corrected chi connectivity index (χ2v) is 5.08. The van der Waals surface area contributed by atoms with Crippen LogP contribution in [0.15, 0.2) is 18.2 Å². The summed E-state index contributed by atoms with van der Waals surface area (Å²) in [6.45, 7) is 3.22. The van der Waals surface area contributed by atoms with Crippen LogP contribution in [0.2, 0.25) is 0 Å². The van der Waals surface area contributed by atoms with Gasteiger partial charge >= 0.3 is 0 Å². The van der Waals surface area contributed by atoms with Gasteiger partial charge in [0.05, 0.1) is 18.3 Å². The molecule has 1 fully saturated rings. The van der Waals surface area contributed by atoms with Gasteiger partial charge < -0.3 is 15.8 Å². The number of nitrogens with two attached hydrogens (primary N) is 1. The first-order chi connectivity index (χ1) is 9.49. The van der Waals surface area contributed by atoms with E-state index in [1.165, 1.54) is 18.2 Å². The highest BCUT2D eigenvalue weighted by atomic mass is 19.1. The molecular weight excluding hydrogens is 261 g/mol. The van der Waals surface area contributed by atoms with Crippen LogP contribution in [0.5, 0.6) is 0 Å². The number of hydrogen-bond donors (Lipinski definition) is 2. The van der Waals surface area contributed by atoms with E-state index in [1.807, 2.05) is 18.9 Å². The molecule has 110 valence electrons. The van der Waals surface area contributed by atoms with E-state index in [-0.39, 0.29) is 23.7 Å². The van der Waals surface area contributed by atoms with E-state index in [0.29, 0.717) is 12.3 Å². The molecule has 1 amide bonds. The molecule has 0 aliphatic carbocycles. The monoisotopic (exact) mass is 281 g/mol. The first-order valence-electron chi connectivity index (χ1n) is 6.64. The summed E-state index contributed by atoms with van der Waals surface area (Å²) in [5.41, 5.74) is 6.00. The summed E-state index contributed by atoms with van der Waals surface area (Å²) in [6, 6.07) is 4.11. The van der Waals surface area contributed by atoms with Crippen molar-refractivity contribution in [2.45, 2.75) is 25.4 Å². The molecule has 0 bridgehead atoms. The van der Waals surface area contributed by atoms with Gasteiger partial charge in [0.15, 0.2) is 0 Å². The van der Waals surface area contributed by atoms with Gasteiger partial charge in [-0.1, -0.05) is 0 Å². The van der Waals surface area contributed by atoms with Gasteiger partial charge in [-0.25, -0.2) is 4.39 Å². The third-order valence-corrected chi connectivity index (χ3v) is 3.74. The molecule has 1 aliphatic heterocycles. The third-order valence-electron chi connectivity index (χ3n) is 3.74. The molecule has 1 saturated heterocycles. The number of likely N-dealkylation sites (N-methyl/N-ethyl adjacent to an activating group) is 1. The molecule has 0 aromatic heterocycles. The fourth-order valence-electron chi connectivity index (χ4n) is 2.21. The van der Waals surface area contributed by atoms with Gasteiger partial charge in [-0.3, -0.25) is 9.69 Å². The van der Waals surface area contributed by atoms with Crippen molar-refractivity contribution in [3.63, 3.8) is 0 Å². The number of nitrogens with zero attached hydrogens (tertiary/aromatic N) is 1. The van der Waals surface area contributed by atoms with E-state index in [9.17, 15) is 9.18 Å². The number of rotatable bonds is 4. The SMILES string of the molecule is CC(C(=O)Nc1ccc(F)c(N)c1)N(C)C1CCOC1. The summed E-state index contributed by atoms with van der Waals surface area (Å²) in [6.07, 6.45) is 0.928. The van der Waals surface area contributed by atoms with Crippen LogP contribution < -0.4 is 11.1 Å². The minimum absolute atomic E-state index is 0.0213. The fraction of sp³-hybridized carbons (Fsp3) is 0.500. The third kappa shape index (κ3) is 3.26. The van der Waals surface area contributed by atoms with Gasteiger partial charge in [-0.05, 0) is 38.6 Å². The predicted molar refractivity (Wildman–Crippen MR) is 75.9 cm³/mol. The summed E-state index contributed by atoms with van der Waals surface area (Å²) in [4.78, 5) is 14.2. The Hall–Kier alpha value is -1.66. The van der Waals surface area contributed by atoms with Crippen molar-refractivity contribution in [3.8, 4) is 0 Å². The quantitative estimate of drug-likeness (QED) is 0.820. The van der Waals surface area contributed by atoms with Crippen molar-refractivity contribution in [2.75, 3.05) is 31.3 Å². The lowest BCUT2D eigenvalue weighted by molar-refractivity contribution is -0.121. The van der Waals surface area contributed by atoms with Crippen molar-refractivity contribution in [1.82, 2.24) is 4.90 Å². The molecule has 0 spiro atoms. The summed E-state index contributed by atoms with van der Waals surface area (Å²) >= 11 is 0. The minimum Gasteiger partial charge on any atom is -0.396 e. The average molecular weight is 281 g/mol. The lowest BCUT2D eigenvalue weighted by Gasteiger charge is -2.28. The number of hydrogen-bond acceptors (Lipinski definition) is 4. The zero-order chi connectivity index (χ0) is 14.7. The summed E-state index contributed by atoms with van der Waals surface area (Å²) in [5.74, 6) is -0.637. The molecule has 2 rings (SSSR count). The molecular formula is C14H20FN3O2. The van der Waals surface area contributed by atoms with Crippen molar-refractivity contribution >= 4 is 17.3 Å². The Bertz CT molecular complexity index is 489. The molecule has 5 nitrogen and oxygen atoms in total. The van der Waals surface area contributed by atoms with Crippen molar-refractivity contribution in [1.29, 1.82) is 0 Å². The number of amides is 1. The fourth-order valence-corrected chi connectivity index (χ4v) is 2.21. The van der Waals surface area contributed by atoms with Crippen molar-refractivity contribution in [3.05, 3.63) is 24.0 Å². The number of carbonyl (C=O) groups is 1. The molecule has 6 heteroatoms. The second-order valence-electron chi connectivity index (χ2n) is 5.08. The zero-order valence-electron chi connectivity index (χ0n) is 11.7. The number of carbonyl (C=O) groups excluding carboxylic acids is 1. The van der Waals surface area contributed by atoms with Gasteiger partial charge in [-0.2, -0.15) is 0 Å². The number of halogens is 1. The van der Waals surface area contributed by atoms with Crippen LogP contribution in [0.4, 0.5) is 15.8 Å². The van der Waals surface area contributed by atoms with E-state index < -0.39 is 5.82 Å². The number of anilines is 2. The molecule has 2 unspecified atom stereocenters. The Morgan fingerprint density at radius 1 is 1.60 bits per heavy atom. The normalized spacial score (nSPS) is 20.1. The maximum Gasteiger partial charge on any atom is 0.241 e. The first-order valence-corrected chi connectivity index (χ1v) is 6.64. The smallest absolute Gasteiger partial charge is 0.241 e. The van der Waals surface area contributed by atoms with E-state index >= 15 is 0 Å². The van der Waals surface area contributed by atoms with E-state index in [2.05, 4.69) is 5.32 Å². The highest BCUT2D eigenvalue weighted by Crippen LogP contribution is 2.18. The zero-order valence-corrected chi connectivity index (χ0v) is 11.7. The van der Waals surface area contributed by atoms with Gasteiger partial charge in [0, 0.05) is 18.3 Å². The second kappa shape index (κ2) is 6.19. The van der Waals surface area contributed by atoms with Crippen LogP contribution in [0.3, 0.4) is 0 Å². The van der Waals surface area contributed by atoms with Crippen LogP contribution in [0.25, 0.3) is 0 Å². The molecule has 1 aliphatic rings. The van der Waals surface area contributed by atoms with Crippen molar-refractivity contribution < 1.29 is 13.9 Å². The maximum absolute atomic E-state index is 13.1. The lowest BCUT2D eigenvalue weighted by atomic mass is 10.1. The molecule has 20 heavy (non-hydrogen) atoms. The molecule has 0 saturated carbocycles. The van der Waals surface area contributed by atoms with Crippen LogP contribution in [-0.4, -0.2) is 43.2 Å². The van der Waals surface area contributed by atoms with Crippen LogP contribution in [0, 0.1) is 5.82 Å². The Morgan fingerprint density at radius 2 is 2.35 bits per heavy atom. The van der Waals surface area contributed by atoms with E-state index in [1.54, 1.807) is 0 Å². The molecule has 1 aromatic rings. The van der Waals surface area contributed by atoms with Crippen LogP contribution in [-0.2, 0) is 9.53 Å². The Labute approximate surface area is 117 Å². The van der Waals surface area contributed by atoms with Crippen LogP contribution in [0.1, 0.15) is 13.3 Å². The van der Waals surface area contributed by atoms with Gasteiger partial charge in [0.25, 0.3) is 0 Å². The first kappa shape index (κ1) is 14.7. The average Bonchev–Trinajstić information content (AvgIpc) is 2.95. The Balaban J connectivity index is 1.97. The number of benzene rings is 1. The molecule has 3 N–H and O–H groups in total. The highest BCUT2D eigenvalue weighted by Gasteiger charge is 2.27. The Morgan fingerprint density at radius 3 is 2.95 bits per heavy atom. The number of ether oxygens (including phenoxy) is 1. The summed E-state index contributed by atoms with van der Waals surface area (Å²) < 4.78 is 18.4. The topological polar surface area (TPSA) is 67.6 Å². The van der Waals surface area contributed by atoms with Crippen LogP contribution >= 0.6 is 0 Å². The maximum atomic E-state index is 13.1. The van der Waals surface area contributed by atoms with E-state index in [4.69, 9.17) is 10.5 Å². The van der Waals surface area contributed by atoms with Crippen molar-refractivity contribution in [2.24, 2.45) is 0 Å². The largest absolute Gasteiger partial charge is 0.396 e. The number of nitrogen functional groups attached to an aromatic ring is 1. The standard InChI is InChI=1S/C14H20FN3O2/c1-9(18(2)11-5-6-20-8-11)14(19)17-10-3-4-12(15)13(16)7-10/h3-4,7,9,11H,5-6,8,16H2,1-2H3,(H,17,19). The molecule has 1 aromatic carbocycles. The lowest BCUT2D eigenvalue weighted by Crippen LogP contribution is -2.45. The number of nitrogens with one attached hydrogen (secondary N) is 1. The van der Waals surface area contributed by atoms with Gasteiger partial charge in [0.1, 0.15) is 5.82 Å². The summed E-state index contributed by atoms with van der Waals surface area (Å²) in [7, 11) is 1.91. The van der Waals surface area contributed by atoms with Gasteiger partial charge in [0.2, 0.25) is 5.91 Å². The van der Waals surface area contributed by atoms with E-state index in [0.717, 1.165) is 13.0 Å². The molecule has 0 radical (unpaired) electrons.